The van der Waals surface area contributed by atoms with E-state index in [0.717, 1.165) is 30.1 Å². The molecule has 1 aromatic carbocycles. The van der Waals surface area contributed by atoms with Crippen LogP contribution in [0.25, 0.3) is 0 Å². The van der Waals surface area contributed by atoms with E-state index < -0.39 is 16.9 Å². The fraction of sp³-hybridized carbons (Fsp3) is 0.471. The summed E-state index contributed by atoms with van der Waals surface area (Å²) in [6, 6.07) is 3.43. The molecule has 8 heteroatoms. The van der Waals surface area contributed by atoms with Crippen LogP contribution in [-0.4, -0.2) is 27.3 Å². The SMILES string of the molecule is CC(Sc1nnc(NC2CCCCC2)s1)C(=O)c1ccc(F)cc1F. The quantitative estimate of drug-likeness (QED) is 0.566. The van der Waals surface area contributed by atoms with E-state index >= 15 is 0 Å². The first-order chi connectivity index (χ1) is 12.0. The van der Waals surface area contributed by atoms with Gasteiger partial charge < -0.3 is 5.32 Å². The van der Waals surface area contributed by atoms with Crippen molar-refractivity contribution in [3.63, 3.8) is 0 Å². The Balaban J connectivity index is 1.60. The van der Waals surface area contributed by atoms with Crippen molar-refractivity contribution in [3.05, 3.63) is 35.4 Å². The van der Waals surface area contributed by atoms with E-state index in [-0.39, 0.29) is 11.3 Å². The lowest BCUT2D eigenvalue weighted by Gasteiger charge is -2.21. The van der Waals surface area contributed by atoms with E-state index in [1.54, 1.807) is 6.92 Å². The minimum Gasteiger partial charge on any atom is -0.357 e. The third-order valence-electron chi connectivity index (χ3n) is 4.18. The van der Waals surface area contributed by atoms with Crippen LogP contribution in [-0.2, 0) is 0 Å². The molecule has 1 aliphatic carbocycles. The highest BCUT2D eigenvalue weighted by Gasteiger charge is 2.22. The molecule has 1 unspecified atom stereocenters. The van der Waals surface area contributed by atoms with Gasteiger partial charge in [-0.3, -0.25) is 4.79 Å². The molecule has 2 aromatic rings. The van der Waals surface area contributed by atoms with E-state index in [0.29, 0.717) is 10.4 Å². The first-order valence-electron chi connectivity index (χ1n) is 8.29. The van der Waals surface area contributed by atoms with Crippen molar-refractivity contribution in [1.82, 2.24) is 10.2 Å². The maximum atomic E-state index is 13.8. The lowest BCUT2D eigenvalue weighted by Crippen LogP contribution is -2.21. The molecular weight excluding hydrogens is 364 g/mol. The molecule has 4 nitrogen and oxygen atoms in total. The molecule has 0 bridgehead atoms. The van der Waals surface area contributed by atoms with Crippen LogP contribution in [0.15, 0.2) is 22.5 Å². The summed E-state index contributed by atoms with van der Waals surface area (Å²) in [7, 11) is 0. The van der Waals surface area contributed by atoms with Crippen molar-refractivity contribution in [3.8, 4) is 0 Å². The van der Waals surface area contributed by atoms with E-state index in [4.69, 9.17) is 0 Å². The van der Waals surface area contributed by atoms with Gasteiger partial charge in [0.1, 0.15) is 11.6 Å². The summed E-state index contributed by atoms with van der Waals surface area (Å²) in [4.78, 5) is 12.4. The number of nitrogens with one attached hydrogen (secondary N) is 1. The zero-order valence-electron chi connectivity index (χ0n) is 13.8. The number of hydrogen-bond donors (Lipinski definition) is 1. The Labute approximate surface area is 153 Å². The van der Waals surface area contributed by atoms with Crippen molar-refractivity contribution < 1.29 is 13.6 Å². The number of carbonyl (C=O) groups is 1. The van der Waals surface area contributed by atoms with E-state index in [2.05, 4.69) is 15.5 Å². The predicted molar refractivity (Wildman–Crippen MR) is 96.4 cm³/mol. The molecule has 0 spiro atoms. The average Bonchev–Trinajstić information content (AvgIpc) is 3.02. The second-order valence-electron chi connectivity index (χ2n) is 6.10. The summed E-state index contributed by atoms with van der Waals surface area (Å²) >= 11 is 2.63. The summed E-state index contributed by atoms with van der Waals surface area (Å²) in [5, 5.41) is 11.8. The first kappa shape index (κ1) is 18.3. The number of ketones is 1. The molecule has 0 aliphatic heterocycles. The van der Waals surface area contributed by atoms with Gasteiger partial charge in [-0.05, 0) is 31.9 Å². The number of thioether (sulfide) groups is 1. The number of anilines is 1. The molecule has 1 fully saturated rings. The number of rotatable bonds is 6. The molecular formula is C17H19F2N3OS2. The van der Waals surface area contributed by atoms with Gasteiger partial charge in [0.25, 0.3) is 0 Å². The Morgan fingerprint density at radius 1 is 1.28 bits per heavy atom. The van der Waals surface area contributed by atoms with Gasteiger partial charge in [0.05, 0.1) is 10.8 Å². The van der Waals surface area contributed by atoms with Gasteiger partial charge in [0.15, 0.2) is 10.1 Å². The third-order valence-corrected chi connectivity index (χ3v) is 6.22. The van der Waals surface area contributed by atoms with Gasteiger partial charge in [-0.2, -0.15) is 0 Å². The Morgan fingerprint density at radius 2 is 2.04 bits per heavy atom. The topological polar surface area (TPSA) is 54.9 Å². The van der Waals surface area contributed by atoms with E-state index in [9.17, 15) is 13.6 Å². The van der Waals surface area contributed by atoms with Gasteiger partial charge in [-0.25, -0.2) is 8.78 Å². The Bertz CT molecular complexity index is 747. The standard InChI is InChI=1S/C17H19F2N3OS2/c1-10(15(23)13-8-7-11(18)9-14(13)19)24-17-22-21-16(25-17)20-12-5-3-2-4-6-12/h7-10,12H,2-6H2,1H3,(H,20,21). The van der Waals surface area contributed by atoms with Crippen molar-refractivity contribution in [1.29, 1.82) is 0 Å². The number of aromatic nitrogens is 2. The summed E-state index contributed by atoms with van der Waals surface area (Å²) in [6.07, 6.45) is 6.02. The number of benzene rings is 1. The second kappa shape index (κ2) is 8.23. The Kier molecular flexibility index (Phi) is 6.01. The normalized spacial score (nSPS) is 16.6. The Morgan fingerprint density at radius 3 is 2.76 bits per heavy atom. The summed E-state index contributed by atoms with van der Waals surface area (Å²) in [5.41, 5.74) is -0.105. The second-order valence-corrected chi connectivity index (χ2v) is 8.67. The minimum atomic E-state index is -0.839. The highest BCUT2D eigenvalue weighted by molar-refractivity contribution is 8.02. The van der Waals surface area contributed by atoms with Crippen molar-refractivity contribution >= 4 is 34.0 Å². The smallest absolute Gasteiger partial charge is 0.206 e. The molecule has 0 saturated heterocycles. The maximum absolute atomic E-state index is 13.8. The third kappa shape index (κ3) is 4.76. The van der Waals surface area contributed by atoms with Crippen LogP contribution < -0.4 is 5.32 Å². The van der Waals surface area contributed by atoms with Gasteiger partial charge in [0, 0.05) is 12.1 Å². The molecule has 1 heterocycles. The van der Waals surface area contributed by atoms with Crippen LogP contribution in [0.4, 0.5) is 13.9 Å². The molecule has 0 radical (unpaired) electrons. The summed E-state index contributed by atoms with van der Waals surface area (Å²) in [6.45, 7) is 1.69. The summed E-state index contributed by atoms with van der Waals surface area (Å²) in [5.74, 6) is -1.93. The van der Waals surface area contributed by atoms with Crippen LogP contribution in [0.5, 0.6) is 0 Å². The average molecular weight is 383 g/mol. The summed E-state index contributed by atoms with van der Waals surface area (Å²) < 4.78 is 27.4. The molecule has 1 atom stereocenters. The number of halogens is 2. The van der Waals surface area contributed by atoms with Gasteiger partial charge in [0.2, 0.25) is 5.13 Å². The lowest BCUT2D eigenvalue weighted by molar-refractivity contribution is 0.0990. The van der Waals surface area contributed by atoms with Crippen LogP contribution in [0, 0.1) is 11.6 Å². The molecule has 3 rings (SSSR count). The van der Waals surface area contributed by atoms with E-state index in [1.165, 1.54) is 48.4 Å². The lowest BCUT2D eigenvalue weighted by atomic mass is 9.96. The van der Waals surface area contributed by atoms with Gasteiger partial charge in [-0.1, -0.05) is 42.4 Å². The molecule has 134 valence electrons. The van der Waals surface area contributed by atoms with Crippen molar-refractivity contribution in [2.75, 3.05) is 5.32 Å². The highest BCUT2D eigenvalue weighted by Crippen LogP contribution is 2.32. The zero-order valence-corrected chi connectivity index (χ0v) is 15.4. The van der Waals surface area contributed by atoms with Gasteiger partial charge >= 0.3 is 0 Å². The van der Waals surface area contributed by atoms with Crippen LogP contribution >= 0.6 is 23.1 Å². The number of Topliss-reactive ketones (excluding diaryl/α,β-unsaturated/α-hetero) is 1. The maximum Gasteiger partial charge on any atom is 0.206 e. The zero-order chi connectivity index (χ0) is 17.8. The Hall–Kier alpha value is -1.54. The first-order valence-corrected chi connectivity index (χ1v) is 9.98. The predicted octanol–water partition coefficient (Wildman–Crippen LogP) is 4.92. The molecule has 1 aromatic heterocycles. The molecule has 25 heavy (non-hydrogen) atoms. The number of hydrogen-bond acceptors (Lipinski definition) is 6. The largest absolute Gasteiger partial charge is 0.357 e. The monoisotopic (exact) mass is 383 g/mol. The van der Waals surface area contributed by atoms with Crippen molar-refractivity contribution in [2.45, 2.75) is 54.7 Å². The highest BCUT2D eigenvalue weighted by atomic mass is 32.2. The molecule has 0 amide bonds. The van der Waals surface area contributed by atoms with Crippen LogP contribution in [0.3, 0.4) is 0 Å². The number of nitrogens with zero attached hydrogens (tertiary/aromatic N) is 2. The fourth-order valence-electron chi connectivity index (χ4n) is 2.85. The number of carbonyl (C=O) groups excluding carboxylic acids is 1. The minimum absolute atomic E-state index is 0.105. The van der Waals surface area contributed by atoms with Crippen molar-refractivity contribution in [2.24, 2.45) is 0 Å². The molecule has 1 saturated carbocycles. The van der Waals surface area contributed by atoms with Crippen LogP contribution in [0.1, 0.15) is 49.4 Å². The molecule has 1 aliphatic rings. The fourth-order valence-corrected chi connectivity index (χ4v) is 4.89. The van der Waals surface area contributed by atoms with Crippen LogP contribution in [0.2, 0.25) is 0 Å². The van der Waals surface area contributed by atoms with E-state index in [1.807, 2.05) is 0 Å². The van der Waals surface area contributed by atoms with Gasteiger partial charge in [-0.15, -0.1) is 10.2 Å². The molecule has 1 N–H and O–H groups in total.